The minimum Gasteiger partial charge on any atom is -0.481 e. The zero-order valence-corrected chi connectivity index (χ0v) is 17.4. The Morgan fingerprint density at radius 1 is 1.40 bits per heavy atom. The van der Waals surface area contributed by atoms with Gasteiger partial charge in [0, 0.05) is 36.8 Å². The molecule has 162 valence electrons. The van der Waals surface area contributed by atoms with Crippen LogP contribution in [0.4, 0.5) is 0 Å². The van der Waals surface area contributed by atoms with Crippen LogP contribution in [0.5, 0.6) is 11.5 Å². The van der Waals surface area contributed by atoms with Crippen LogP contribution in [0.25, 0.3) is 0 Å². The Morgan fingerprint density at radius 2 is 2.13 bits per heavy atom. The number of fused-ring (bicyclic) bond motifs is 1. The van der Waals surface area contributed by atoms with E-state index in [0.717, 1.165) is 0 Å². The maximum Gasteiger partial charge on any atom is 0.336 e. The quantitative estimate of drug-likeness (QED) is 0.506. The lowest BCUT2D eigenvalue weighted by Gasteiger charge is -2.47. The number of para-hydroxylation sites is 1. The van der Waals surface area contributed by atoms with E-state index < -0.39 is 29.3 Å². The number of ether oxygens (including phenoxy) is 3. The Balaban J connectivity index is 2.28. The summed E-state index contributed by atoms with van der Waals surface area (Å²) >= 11 is 0. The van der Waals surface area contributed by atoms with Gasteiger partial charge in [-0.3, -0.25) is 9.59 Å². The van der Waals surface area contributed by atoms with Crippen molar-refractivity contribution in [3.05, 3.63) is 35.0 Å². The highest BCUT2D eigenvalue weighted by Crippen LogP contribution is 2.54. The van der Waals surface area contributed by atoms with Gasteiger partial charge >= 0.3 is 11.9 Å². The fourth-order valence-corrected chi connectivity index (χ4v) is 4.44. The molecule has 0 saturated heterocycles. The summed E-state index contributed by atoms with van der Waals surface area (Å²) < 4.78 is 16.2. The molecule has 0 aromatic heterocycles. The van der Waals surface area contributed by atoms with Crippen LogP contribution in [0, 0.1) is 5.41 Å². The van der Waals surface area contributed by atoms with Crippen LogP contribution in [0.1, 0.15) is 31.7 Å². The van der Waals surface area contributed by atoms with Gasteiger partial charge in [0.25, 0.3) is 0 Å². The predicted octanol–water partition coefficient (Wildman–Crippen LogP) is 1.49. The number of rotatable bonds is 7. The van der Waals surface area contributed by atoms with Gasteiger partial charge in [0.2, 0.25) is 13.2 Å². The van der Waals surface area contributed by atoms with Crippen LogP contribution in [-0.4, -0.2) is 61.9 Å². The van der Waals surface area contributed by atoms with E-state index in [-0.39, 0.29) is 25.3 Å². The van der Waals surface area contributed by atoms with Gasteiger partial charge in [-0.25, -0.2) is 4.79 Å². The molecule has 0 radical (unpaired) electrons. The van der Waals surface area contributed by atoms with E-state index in [1.54, 1.807) is 39.1 Å². The molecule has 3 atom stereocenters. The van der Waals surface area contributed by atoms with Crippen LogP contribution < -0.4 is 14.8 Å². The summed E-state index contributed by atoms with van der Waals surface area (Å²) in [5, 5.41) is 13.6. The average Bonchev–Trinajstić information content (AvgIpc) is 3.20. The number of benzene rings is 1. The second kappa shape index (κ2) is 8.25. The van der Waals surface area contributed by atoms with Gasteiger partial charge in [0.15, 0.2) is 11.5 Å². The fourth-order valence-electron chi connectivity index (χ4n) is 4.44. The second-order valence-electron chi connectivity index (χ2n) is 7.59. The fraction of sp³-hybridized carbons (Fsp3) is 0.476. The van der Waals surface area contributed by atoms with Crippen molar-refractivity contribution in [3.63, 3.8) is 0 Å². The molecule has 3 unspecified atom stereocenters. The number of amides is 1. The molecular weight excluding hydrogens is 392 g/mol. The molecule has 30 heavy (non-hydrogen) atoms. The highest BCUT2D eigenvalue weighted by molar-refractivity contribution is 5.94. The third-order valence-corrected chi connectivity index (χ3v) is 6.01. The summed E-state index contributed by atoms with van der Waals surface area (Å²) in [7, 11) is 2.84. The Hall–Kier alpha value is -3.23. The highest BCUT2D eigenvalue weighted by Gasteiger charge is 2.57. The first-order chi connectivity index (χ1) is 14.3. The van der Waals surface area contributed by atoms with Crippen molar-refractivity contribution in [3.8, 4) is 11.5 Å². The number of carboxylic acid groups (broad SMARTS) is 1. The van der Waals surface area contributed by atoms with Gasteiger partial charge in [-0.2, -0.15) is 0 Å². The van der Waals surface area contributed by atoms with Gasteiger partial charge in [-0.05, 0) is 26.3 Å². The zero-order chi connectivity index (χ0) is 22.1. The number of carboxylic acids is 1. The number of hydrogen-bond acceptors (Lipinski definition) is 7. The van der Waals surface area contributed by atoms with Crippen LogP contribution in [0.3, 0.4) is 0 Å². The van der Waals surface area contributed by atoms with Crippen LogP contribution in [0.2, 0.25) is 0 Å². The van der Waals surface area contributed by atoms with Gasteiger partial charge in [0.1, 0.15) is 5.41 Å². The first kappa shape index (κ1) is 21.5. The van der Waals surface area contributed by atoms with Crippen molar-refractivity contribution in [1.29, 1.82) is 0 Å². The molecule has 9 nitrogen and oxygen atoms in total. The van der Waals surface area contributed by atoms with Crippen molar-refractivity contribution >= 4 is 18.3 Å². The molecule has 0 fully saturated rings. The van der Waals surface area contributed by atoms with E-state index in [1.165, 1.54) is 12.0 Å². The lowest BCUT2D eigenvalue weighted by molar-refractivity contribution is -0.154. The lowest BCUT2D eigenvalue weighted by atomic mass is 9.60. The second-order valence-corrected chi connectivity index (χ2v) is 7.59. The van der Waals surface area contributed by atoms with Crippen molar-refractivity contribution in [2.24, 2.45) is 5.41 Å². The molecule has 9 heteroatoms. The van der Waals surface area contributed by atoms with Crippen LogP contribution in [-0.2, 0) is 19.1 Å². The minimum absolute atomic E-state index is 0.0110. The maximum atomic E-state index is 12.8. The molecule has 2 aliphatic heterocycles. The van der Waals surface area contributed by atoms with Gasteiger partial charge in [-0.1, -0.05) is 12.1 Å². The molecule has 3 rings (SSSR count). The number of aliphatic carboxylic acids is 1. The van der Waals surface area contributed by atoms with Gasteiger partial charge < -0.3 is 29.5 Å². The van der Waals surface area contributed by atoms with Crippen LogP contribution >= 0.6 is 0 Å². The third kappa shape index (κ3) is 3.34. The summed E-state index contributed by atoms with van der Waals surface area (Å²) in [6.45, 7) is 3.69. The predicted molar refractivity (Wildman–Crippen MR) is 106 cm³/mol. The summed E-state index contributed by atoms with van der Waals surface area (Å²) in [6.07, 6.45) is 0.750. The third-order valence-electron chi connectivity index (χ3n) is 6.01. The normalized spacial score (nSPS) is 24.8. The Morgan fingerprint density at radius 3 is 2.77 bits per heavy atom. The number of carbonyl (C=O) groups excluding carboxylic acids is 2. The Labute approximate surface area is 174 Å². The summed E-state index contributed by atoms with van der Waals surface area (Å²) in [6, 6.07) is 4.66. The molecule has 0 aliphatic carbocycles. The van der Waals surface area contributed by atoms with E-state index in [9.17, 15) is 19.5 Å². The van der Waals surface area contributed by atoms with Gasteiger partial charge in [-0.15, -0.1) is 0 Å². The first-order valence-corrected chi connectivity index (χ1v) is 9.61. The van der Waals surface area contributed by atoms with Crippen molar-refractivity contribution in [1.82, 2.24) is 10.2 Å². The molecule has 2 heterocycles. The number of carbonyl (C=O) groups is 3. The Bertz CT molecular complexity index is 897. The number of nitrogens with zero attached hydrogens (tertiary/aromatic N) is 1. The first-order valence-electron chi connectivity index (χ1n) is 9.61. The summed E-state index contributed by atoms with van der Waals surface area (Å²) in [5.41, 5.74) is -0.164. The average molecular weight is 418 g/mol. The smallest absolute Gasteiger partial charge is 0.336 e. The zero-order valence-electron chi connectivity index (χ0n) is 17.4. The Kier molecular flexibility index (Phi) is 5.91. The van der Waals surface area contributed by atoms with Gasteiger partial charge in [0.05, 0.1) is 12.7 Å². The number of hydrogen-bond donors (Lipinski definition) is 2. The van der Waals surface area contributed by atoms with Crippen molar-refractivity contribution in [2.45, 2.75) is 32.2 Å². The molecule has 1 amide bonds. The van der Waals surface area contributed by atoms with E-state index in [4.69, 9.17) is 14.2 Å². The monoisotopic (exact) mass is 418 g/mol. The maximum absolute atomic E-state index is 12.8. The van der Waals surface area contributed by atoms with Crippen molar-refractivity contribution in [2.75, 3.05) is 27.5 Å². The number of allylic oxidation sites excluding steroid dienone is 1. The molecule has 2 aliphatic rings. The molecule has 0 bridgehead atoms. The highest BCUT2D eigenvalue weighted by atomic mass is 16.7. The number of esters is 1. The molecule has 1 aromatic rings. The number of nitrogens with one attached hydrogen (secondary N) is 1. The molecule has 0 spiro atoms. The molecule has 0 saturated carbocycles. The molecular formula is C21H26N2O7. The van der Waals surface area contributed by atoms with E-state index in [0.29, 0.717) is 29.2 Å². The minimum atomic E-state index is -1.46. The number of methoxy groups -OCH3 is 1. The summed E-state index contributed by atoms with van der Waals surface area (Å²) in [5.74, 6) is -1.68. The van der Waals surface area contributed by atoms with E-state index in [1.807, 2.05) is 0 Å². The summed E-state index contributed by atoms with van der Waals surface area (Å²) in [4.78, 5) is 38.2. The van der Waals surface area contributed by atoms with E-state index in [2.05, 4.69) is 5.32 Å². The lowest BCUT2D eigenvalue weighted by Crippen LogP contribution is -2.57. The largest absolute Gasteiger partial charge is 0.481 e. The van der Waals surface area contributed by atoms with Crippen LogP contribution in [0.15, 0.2) is 29.5 Å². The molecule has 1 aromatic carbocycles. The standard InChI is InChI=1S/C21H26N2O7/c1-12-16(19(25)28-4)17(14-6-5-7-15-18(14)30-11-29-15)21(20(26)27,13(2)22-12)8-9-23(3)10-24/h5-7,10,13,17,22H,8-9,11H2,1-4H3,(H,26,27). The molecule has 2 N–H and O–H groups in total. The topological polar surface area (TPSA) is 114 Å². The van der Waals surface area contributed by atoms with Crippen molar-refractivity contribution < 1.29 is 33.7 Å². The van der Waals surface area contributed by atoms with E-state index >= 15 is 0 Å². The SMILES string of the molecule is COC(=O)C1=C(C)NC(C)C(CCN(C)C=O)(C(=O)O)C1c1cccc2c1OCO2.